The van der Waals surface area contributed by atoms with E-state index in [1.165, 1.54) is 51.8 Å². The highest BCUT2D eigenvalue weighted by molar-refractivity contribution is 5.97. The van der Waals surface area contributed by atoms with Gasteiger partial charge in [0.1, 0.15) is 17.0 Å². The lowest BCUT2D eigenvalue weighted by Crippen LogP contribution is -2.29. The smallest absolute Gasteiger partial charge is 0.279 e. The summed E-state index contributed by atoms with van der Waals surface area (Å²) in [5.74, 6) is 0.609. The van der Waals surface area contributed by atoms with Crippen LogP contribution in [0.25, 0.3) is 10.9 Å². The molecule has 0 spiro atoms. The molecule has 1 amide bonds. The first-order valence-electron chi connectivity index (χ1n) is 11.9. The number of phenolic OH excluding ortho intramolecular Hbond substituents is 1. The maximum atomic E-state index is 13.6. The van der Waals surface area contributed by atoms with Crippen LogP contribution in [0.5, 0.6) is 28.7 Å². The summed E-state index contributed by atoms with van der Waals surface area (Å²) >= 11 is 0. The second kappa shape index (κ2) is 11.5. The molecule has 202 valence electrons. The predicted octanol–water partition coefficient (Wildman–Crippen LogP) is 4.79. The number of phenols is 1. The van der Waals surface area contributed by atoms with Crippen molar-refractivity contribution in [2.75, 3.05) is 27.9 Å². The molecule has 11 nitrogen and oxygen atoms in total. The number of benzene rings is 3. The number of non-ortho nitro benzene ring substituents is 1. The average Bonchev–Trinajstić information content (AvgIpc) is 2.96. The molecule has 0 fully saturated rings. The first-order valence-corrected chi connectivity index (χ1v) is 11.9. The number of ether oxygens (including phenoxy) is 4. The third-order valence-electron chi connectivity index (χ3n) is 6.11. The fraction of sp³-hybridized carbons (Fsp3) is 0.214. The molecule has 1 atom stereocenters. The van der Waals surface area contributed by atoms with Gasteiger partial charge in [0.25, 0.3) is 11.6 Å². The summed E-state index contributed by atoms with van der Waals surface area (Å²) in [6, 6.07) is 13.1. The standard InChI is InChI=1S/C28H27N3O8/c1-5-39-18-10-8-16(9-11-18)24(20-15-21(31(34)35)19-7-6-12-29-25(19)26(20)32)30-28(33)17-13-22(36-2)27(38-4)23(14-17)37-3/h6-15,24,32H,5H2,1-4H3,(H,30,33)/t24-/m0/s1. The molecule has 0 aliphatic carbocycles. The Labute approximate surface area is 224 Å². The second-order valence-corrected chi connectivity index (χ2v) is 8.31. The Bertz CT molecular complexity index is 1500. The molecule has 1 aromatic heterocycles. The van der Waals surface area contributed by atoms with Crippen LogP contribution >= 0.6 is 0 Å². The molecule has 39 heavy (non-hydrogen) atoms. The van der Waals surface area contributed by atoms with Gasteiger partial charge in [-0.05, 0) is 48.9 Å². The molecule has 0 saturated carbocycles. The molecule has 0 saturated heterocycles. The molecule has 2 N–H and O–H groups in total. The second-order valence-electron chi connectivity index (χ2n) is 8.31. The molecule has 0 radical (unpaired) electrons. The maximum absolute atomic E-state index is 13.6. The van der Waals surface area contributed by atoms with Crippen molar-refractivity contribution >= 4 is 22.5 Å². The number of rotatable bonds is 10. The number of nitro benzene ring substituents is 1. The fourth-order valence-electron chi connectivity index (χ4n) is 4.29. The number of nitrogens with one attached hydrogen (secondary N) is 1. The van der Waals surface area contributed by atoms with E-state index in [4.69, 9.17) is 18.9 Å². The van der Waals surface area contributed by atoms with Gasteiger partial charge >= 0.3 is 0 Å². The van der Waals surface area contributed by atoms with E-state index >= 15 is 0 Å². The molecule has 4 rings (SSSR count). The van der Waals surface area contributed by atoms with Gasteiger partial charge in [-0.15, -0.1) is 0 Å². The van der Waals surface area contributed by atoms with E-state index in [1.54, 1.807) is 30.3 Å². The number of hydrogen-bond acceptors (Lipinski definition) is 9. The minimum atomic E-state index is -1.00. The summed E-state index contributed by atoms with van der Waals surface area (Å²) in [5.41, 5.74) is 0.592. The van der Waals surface area contributed by atoms with Gasteiger partial charge in [-0.3, -0.25) is 19.9 Å². The first kappa shape index (κ1) is 27.0. The molecule has 0 aliphatic rings. The van der Waals surface area contributed by atoms with Crippen LogP contribution in [-0.4, -0.2) is 48.9 Å². The van der Waals surface area contributed by atoms with Gasteiger partial charge in [-0.2, -0.15) is 0 Å². The zero-order valence-electron chi connectivity index (χ0n) is 21.8. The predicted molar refractivity (Wildman–Crippen MR) is 143 cm³/mol. The lowest BCUT2D eigenvalue weighted by Gasteiger charge is -2.22. The van der Waals surface area contributed by atoms with E-state index in [0.717, 1.165) is 0 Å². The molecule has 0 unspecified atom stereocenters. The largest absolute Gasteiger partial charge is 0.505 e. The number of amides is 1. The third kappa shape index (κ3) is 5.33. The Morgan fingerprint density at radius 2 is 1.72 bits per heavy atom. The van der Waals surface area contributed by atoms with Crippen molar-refractivity contribution in [2.45, 2.75) is 13.0 Å². The van der Waals surface area contributed by atoms with E-state index < -0.39 is 16.9 Å². The SMILES string of the molecule is CCOc1ccc([C@H](NC(=O)c2cc(OC)c(OC)c(OC)c2)c2cc([N+](=O)[O-])c3cccnc3c2O)cc1. The summed E-state index contributed by atoms with van der Waals surface area (Å²) in [6.07, 6.45) is 1.43. The van der Waals surface area contributed by atoms with Crippen LogP contribution in [0.15, 0.2) is 60.8 Å². The fourth-order valence-corrected chi connectivity index (χ4v) is 4.29. The molecule has 0 bridgehead atoms. The number of methoxy groups -OCH3 is 3. The zero-order chi connectivity index (χ0) is 28.1. The quantitative estimate of drug-likeness (QED) is 0.217. The van der Waals surface area contributed by atoms with Crippen molar-refractivity contribution < 1.29 is 33.8 Å². The monoisotopic (exact) mass is 533 g/mol. The van der Waals surface area contributed by atoms with Gasteiger partial charge in [-0.25, -0.2) is 0 Å². The Morgan fingerprint density at radius 1 is 1.05 bits per heavy atom. The van der Waals surface area contributed by atoms with Crippen LogP contribution in [0.2, 0.25) is 0 Å². The minimum absolute atomic E-state index is 0.0414. The normalized spacial score (nSPS) is 11.5. The number of aromatic nitrogens is 1. The number of carbonyl (C=O) groups excluding carboxylic acids is 1. The minimum Gasteiger partial charge on any atom is -0.505 e. The van der Waals surface area contributed by atoms with E-state index in [0.29, 0.717) is 23.7 Å². The zero-order valence-corrected chi connectivity index (χ0v) is 21.8. The summed E-state index contributed by atoms with van der Waals surface area (Å²) in [4.78, 5) is 29.1. The topological polar surface area (TPSA) is 142 Å². The van der Waals surface area contributed by atoms with Gasteiger partial charge in [0.05, 0.1) is 44.3 Å². The van der Waals surface area contributed by atoms with E-state index in [2.05, 4.69) is 10.3 Å². The van der Waals surface area contributed by atoms with Crippen LogP contribution in [0.4, 0.5) is 5.69 Å². The number of pyridine rings is 1. The van der Waals surface area contributed by atoms with Crippen molar-refractivity contribution in [3.63, 3.8) is 0 Å². The Morgan fingerprint density at radius 3 is 2.28 bits per heavy atom. The number of carbonyl (C=O) groups is 1. The summed E-state index contributed by atoms with van der Waals surface area (Å²) in [7, 11) is 4.31. The number of hydrogen-bond donors (Lipinski definition) is 2. The average molecular weight is 534 g/mol. The number of nitrogens with zero attached hydrogens (tertiary/aromatic N) is 2. The Balaban J connectivity index is 1.87. The van der Waals surface area contributed by atoms with E-state index in [-0.39, 0.29) is 45.0 Å². The molecule has 1 heterocycles. The van der Waals surface area contributed by atoms with Gasteiger partial charge in [0, 0.05) is 23.4 Å². The Hall–Kier alpha value is -5.06. The van der Waals surface area contributed by atoms with Crippen LogP contribution in [0, 0.1) is 10.1 Å². The van der Waals surface area contributed by atoms with Crippen LogP contribution in [0.3, 0.4) is 0 Å². The maximum Gasteiger partial charge on any atom is 0.279 e. The van der Waals surface area contributed by atoms with Crippen LogP contribution in [0.1, 0.15) is 34.5 Å². The van der Waals surface area contributed by atoms with Crippen LogP contribution < -0.4 is 24.3 Å². The summed E-state index contributed by atoms with van der Waals surface area (Å²) in [6.45, 7) is 2.32. The third-order valence-corrected chi connectivity index (χ3v) is 6.11. The molecular formula is C28H27N3O8. The molecule has 4 aromatic rings. The molecule has 3 aromatic carbocycles. The lowest BCUT2D eigenvalue weighted by molar-refractivity contribution is -0.383. The molecule has 11 heteroatoms. The van der Waals surface area contributed by atoms with Crippen molar-refractivity contribution in [3.8, 4) is 28.7 Å². The Kier molecular flexibility index (Phi) is 7.99. The van der Waals surface area contributed by atoms with Crippen molar-refractivity contribution in [1.82, 2.24) is 10.3 Å². The highest BCUT2D eigenvalue weighted by atomic mass is 16.6. The van der Waals surface area contributed by atoms with Crippen molar-refractivity contribution in [3.05, 3.63) is 87.6 Å². The van der Waals surface area contributed by atoms with E-state index in [1.807, 2.05) is 6.92 Å². The van der Waals surface area contributed by atoms with Gasteiger partial charge < -0.3 is 29.4 Å². The highest BCUT2D eigenvalue weighted by Crippen LogP contribution is 2.41. The van der Waals surface area contributed by atoms with E-state index in [9.17, 15) is 20.0 Å². The van der Waals surface area contributed by atoms with Gasteiger partial charge in [-0.1, -0.05) is 12.1 Å². The van der Waals surface area contributed by atoms with Crippen LogP contribution in [-0.2, 0) is 0 Å². The number of nitro groups is 1. The summed E-state index contributed by atoms with van der Waals surface area (Å²) < 4.78 is 21.6. The van der Waals surface area contributed by atoms with Gasteiger partial charge in [0.2, 0.25) is 5.75 Å². The number of fused-ring (bicyclic) bond motifs is 1. The molecule has 0 aliphatic heterocycles. The molecular weight excluding hydrogens is 506 g/mol. The van der Waals surface area contributed by atoms with Crippen molar-refractivity contribution in [1.29, 1.82) is 0 Å². The first-order chi connectivity index (χ1) is 18.8. The summed E-state index contributed by atoms with van der Waals surface area (Å²) in [5, 5.41) is 26.2. The van der Waals surface area contributed by atoms with Gasteiger partial charge in [0.15, 0.2) is 11.5 Å². The van der Waals surface area contributed by atoms with Crippen molar-refractivity contribution in [2.24, 2.45) is 0 Å². The lowest BCUT2D eigenvalue weighted by atomic mass is 9.94. The highest BCUT2D eigenvalue weighted by Gasteiger charge is 2.28. The number of aromatic hydroxyl groups is 1.